The van der Waals surface area contributed by atoms with Gasteiger partial charge in [0.05, 0.1) is 0 Å². The fourth-order valence-corrected chi connectivity index (χ4v) is 2.75. The summed E-state index contributed by atoms with van der Waals surface area (Å²) in [6.07, 6.45) is 4.14. The molecule has 1 fully saturated rings. The van der Waals surface area contributed by atoms with E-state index in [1.165, 1.54) is 0 Å². The molecule has 0 saturated carbocycles. The summed E-state index contributed by atoms with van der Waals surface area (Å²) in [5, 5.41) is 21.2. The lowest BCUT2D eigenvalue weighted by atomic mass is 9.90. The molecule has 0 aromatic heterocycles. The smallest absolute Gasteiger partial charge is 0.222 e. The van der Waals surface area contributed by atoms with E-state index >= 15 is 0 Å². The normalized spacial score (nSPS) is 23.6. The van der Waals surface area contributed by atoms with Crippen LogP contribution in [0, 0.1) is 5.92 Å². The second-order valence-corrected chi connectivity index (χ2v) is 5.35. The van der Waals surface area contributed by atoms with E-state index in [1.807, 2.05) is 11.8 Å². The molecule has 0 spiro atoms. The summed E-state index contributed by atoms with van der Waals surface area (Å²) in [7, 11) is 0. The van der Waals surface area contributed by atoms with Gasteiger partial charge in [-0.15, -0.1) is 0 Å². The van der Waals surface area contributed by atoms with Crippen molar-refractivity contribution in [3.05, 3.63) is 0 Å². The van der Waals surface area contributed by atoms with Crippen molar-refractivity contribution in [2.45, 2.75) is 45.1 Å². The van der Waals surface area contributed by atoms with Crippen molar-refractivity contribution < 1.29 is 15.0 Å². The first-order valence-corrected chi connectivity index (χ1v) is 7.44. The molecule has 5 heteroatoms. The van der Waals surface area contributed by atoms with Crippen molar-refractivity contribution in [1.82, 2.24) is 10.2 Å². The highest BCUT2D eigenvalue weighted by atomic mass is 16.3. The van der Waals surface area contributed by atoms with Gasteiger partial charge in [-0.3, -0.25) is 4.79 Å². The van der Waals surface area contributed by atoms with Crippen LogP contribution in [-0.2, 0) is 4.79 Å². The van der Waals surface area contributed by atoms with Crippen molar-refractivity contribution >= 4 is 5.91 Å². The molecule has 5 nitrogen and oxygen atoms in total. The minimum atomic E-state index is 0.200. The monoisotopic (exact) mass is 272 g/mol. The number of hydrogen-bond acceptors (Lipinski definition) is 4. The molecule has 2 unspecified atom stereocenters. The zero-order valence-electron chi connectivity index (χ0n) is 12.0. The average molecular weight is 272 g/mol. The Bertz CT molecular complexity index is 261. The summed E-state index contributed by atoms with van der Waals surface area (Å²) in [6, 6.07) is 0.319. The Hall–Kier alpha value is -0.650. The lowest BCUT2D eigenvalue weighted by Crippen LogP contribution is -2.51. The third-order valence-electron chi connectivity index (χ3n) is 3.73. The Morgan fingerprint density at radius 3 is 2.63 bits per heavy atom. The fraction of sp³-hybridized carbons (Fsp3) is 0.929. The molecule has 0 aliphatic carbocycles. The number of aliphatic hydroxyl groups excluding tert-OH is 2. The molecule has 3 N–H and O–H groups in total. The molecule has 112 valence electrons. The van der Waals surface area contributed by atoms with E-state index in [9.17, 15) is 4.79 Å². The van der Waals surface area contributed by atoms with Gasteiger partial charge >= 0.3 is 0 Å². The van der Waals surface area contributed by atoms with Crippen LogP contribution in [-0.4, -0.2) is 59.9 Å². The minimum absolute atomic E-state index is 0.200. The molecular formula is C14H28N2O3. The van der Waals surface area contributed by atoms with Crippen LogP contribution in [0.25, 0.3) is 0 Å². The van der Waals surface area contributed by atoms with Gasteiger partial charge in [0.25, 0.3) is 0 Å². The van der Waals surface area contributed by atoms with Crippen molar-refractivity contribution in [2.24, 2.45) is 5.92 Å². The Kier molecular flexibility index (Phi) is 8.02. The van der Waals surface area contributed by atoms with Crippen LogP contribution in [0.5, 0.6) is 0 Å². The van der Waals surface area contributed by atoms with Gasteiger partial charge in [-0.05, 0) is 38.1 Å². The molecule has 1 saturated heterocycles. The number of hydrogen-bond donors (Lipinski definition) is 3. The van der Waals surface area contributed by atoms with E-state index in [1.54, 1.807) is 0 Å². The quantitative estimate of drug-likeness (QED) is 0.558. The van der Waals surface area contributed by atoms with Crippen molar-refractivity contribution in [1.29, 1.82) is 0 Å². The van der Waals surface area contributed by atoms with Crippen molar-refractivity contribution in [3.63, 3.8) is 0 Å². The molecule has 0 radical (unpaired) electrons. The van der Waals surface area contributed by atoms with E-state index < -0.39 is 0 Å². The molecule has 1 aliphatic rings. The molecular weight excluding hydrogens is 244 g/mol. The summed E-state index contributed by atoms with van der Waals surface area (Å²) in [4.78, 5) is 13.8. The number of amides is 1. The Morgan fingerprint density at radius 2 is 2.00 bits per heavy atom. The molecule has 0 aromatic carbocycles. The van der Waals surface area contributed by atoms with E-state index in [2.05, 4.69) is 5.32 Å². The van der Waals surface area contributed by atoms with Gasteiger partial charge in [0.1, 0.15) is 0 Å². The Labute approximate surface area is 116 Å². The number of likely N-dealkylation sites (tertiary alicyclic amines) is 1. The first-order chi connectivity index (χ1) is 9.21. The predicted molar refractivity (Wildman–Crippen MR) is 74.8 cm³/mol. The summed E-state index contributed by atoms with van der Waals surface area (Å²) < 4.78 is 0. The molecule has 1 amide bonds. The van der Waals surface area contributed by atoms with Crippen molar-refractivity contribution in [3.8, 4) is 0 Å². The summed E-state index contributed by atoms with van der Waals surface area (Å²) >= 11 is 0. The summed E-state index contributed by atoms with van der Waals surface area (Å²) in [6.45, 7) is 4.71. The third-order valence-corrected chi connectivity index (χ3v) is 3.73. The van der Waals surface area contributed by atoms with E-state index in [-0.39, 0.29) is 19.1 Å². The largest absolute Gasteiger partial charge is 0.396 e. The molecule has 0 aromatic rings. The van der Waals surface area contributed by atoms with Crippen LogP contribution in [0.15, 0.2) is 0 Å². The van der Waals surface area contributed by atoms with Gasteiger partial charge in [-0.25, -0.2) is 0 Å². The first-order valence-electron chi connectivity index (χ1n) is 7.44. The number of carbonyl (C=O) groups is 1. The minimum Gasteiger partial charge on any atom is -0.396 e. The predicted octanol–water partition coefficient (Wildman–Crippen LogP) is 0.358. The number of nitrogens with one attached hydrogen (secondary N) is 1. The topological polar surface area (TPSA) is 72.8 Å². The third kappa shape index (κ3) is 5.89. The fourth-order valence-electron chi connectivity index (χ4n) is 2.75. The highest BCUT2D eigenvalue weighted by molar-refractivity contribution is 5.76. The summed E-state index contributed by atoms with van der Waals surface area (Å²) in [5.74, 6) is 0.686. The lowest BCUT2D eigenvalue weighted by Gasteiger charge is -2.38. The van der Waals surface area contributed by atoms with Crippen LogP contribution >= 0.6 is 0 Å². The molecule has 1 rings (SSSR count). The lowest BCUT2D eigenvalue weighted by molar-refractivity contribution is -0.133. The van der Waals surface area contributed by atoms with Crippen LogP contribution in [0.1, 0.15) is 39.0 Å². The van der Waals surface area contributed by atoms with Gasteiger partial charge in [0, 0.05) is 38.8 Å². The molecule has 0 bridgehead atoms. The van der Waals surface area contributed by atoms with E-state index in [0.717, 1.165) is 45.3 Å². The van der Waals surface area contributed by atoms with Crippen LogP contribution in [0.3, 0.4) is 0 Å². The van der Waals surface area contributed by atoms with E-state index in [0.29, 0.717) is 18.4 Å². The number of nitrogens with zero attached hydrogens (tertiary/aromatic N) is 1. The second-order valence-electron chi connectivity index (χ2n) is 5.35. The molecule has 2 atom stereocenters. The zero-order valence-corrected chi connectivity index (χ0v) is 12.0. The highest BCUT2D eigenvalue weighted by Crippen LogP contribution is 2.22. The van der Waals surface area contributed by atoms with Gasteiger partial charge in [0.2, 0.25) is 5.91 Å². The van der Waals surface area contributed by atoms with E-state index in [4.69, 9.17) is 10.2 Å². The Morgan fingerprint density at radius 1 is 1.26 bits per heavy atom. The summed E-state index contributed by atoms with van der Waals surface area (Å²) in [5.41, 5.74) is 0. The van der Waals surface area contributed by atoms with Gasteiger partial charge in [-0.2, -0.15) is 0 Å². The van der Waals surface area contributed by atoms with Crippen molar-refractivity contribution in [2.75, 3.05) is 32.8 Å². The van der Waals surface area contributed by atoms with Crippen LogP contribution < -0.4 is 5.32 Å². The number of carbonyl (C=O) groups excluding carboxylic acids is 1. The standard InChI is InChI=1S/C14H28N2O3/c1-2-14(19)16-10-12(5-3-7-17)9-13(11-16)15-6-4-8-18/h12-13,15,17-18H,2-11H2,1H3. The number of piperidine rings is 1. The van der Waals surface area contributed by atoms with Crippen LogP contribution in [0.4, 0.5) is 0 Å². The zero-order chi connectivity index (χ0) is 14.1. The second kappa shape index (κ2) is 9.28. The molecule has 1 heterocycles. The highest BCUT2D eigenvalue weighted by Gasteiger charge is 2.28. The Balaban J connectivity index is 2.48. The molecule has 1 aliphatic heterocycles. The maximum absolute atomic E-state index is 11.9. The number of rotatable bonds is 8. The van der Waals surface area contributed by atoms with Gasteiger partial charge in [-0.1, -0.05) is 6.92 Å². The van der Waals surface area contributed by atoms with Crippen LogP contribution in [0.2, 0.25) is 0 Å². The maximum Gasteiger partial charge on any atom is 0.222 e. The van der Waals surface area contributed by atoms with Gasteiger partial charge < -0.3 is 20.4 Å². The maximum atomic E-state index is 11.9. The SMILES string of the molecule is CCC(=O)N1CC(CCCO)CC(NCCCO)C1. The first kappa shape index (κ1) is 16.4. The number of aliphatic hydroxyl groups is 2. The molecule has 19 heavy (non-hydrogen) atoms. The average Bonchev–Trinajstić information content (AvgIpc) is 2.44. The van der Waals surface area contributed by atoms with Gasteiger partial charge in [0.15, 0.2) is 0 Å².